The summed E-state index contributed by atoms with van der Waals surface area (Å²) < 4.78 is 37.2. The first-order chi connectivity index (χ1) is 19.3. The highest BCUT2D eigenvalue weighted by Crippen LogP contribution is 2.65. The summed E-state index contributed by atoms with van der Waals surface area (Å²) in [5.41, 5.74) is 0.529. The lowest BCUT2D eigenvalue weighted by molar-refractivity contribution is -0.185. The van der Waals surface area contributed by atoms with Crippen LogP contribution in [0.4, 0.5) is 0 Å². The summed E-state index contributed by atoms with van der Waals surface area (Å²) in [5.74, 6) is -1.39. The summed E-state index contributed by atoms with van der Waals surface area (Å²) in [6, 6.07) is 6.13. The Kier molecular flexibility index (Phi) is 7.54. The van der Waals surface area contributed by atoms with E-state index in [1.54, 1.807) is 24.3 Å². The number of esters is 1. The second-order valence-corrected chi connectivity index (χ2v) is 13.9. The molecule has 0 saturated heterocycles. The Labute approximate surface area is 241 Å². The minimum Gasteiger partial charge on any atom is -0.450 e. The van der Waals surface area contributed by atoms with Crippen molar-refractivity contribution in [1.29, 1.82) is 0 Å². The van der Waals surface area contributed by atoms with Gasteiger partial charge >= 0.3 is 5.97 Å². The molecule has 0 aromatic heterocycles. The van der Waals surface area contributed by atoms with Gasteiger partial charge in [0.1, 0.15) is 6.61 Å². The molecule has 0 unspecified atom stereocenters. The van der Waals surface area contributed by atoms with Crippen LogP contribution in [0.15, 0.2) is 64.1 Å². The molecule has 5 rings (SSSR count). The molecule has 8 nitrogen and oxygen atoms in total. The molecule has 1 N–H and O–H groups in total. The van der Waals surface area contributed by atoms with Crippen molar-refractivity contribution in [3.63, 3.8) is 0 Å². The largest absolute Gasteiger partial charge is 0.450 e. The van der Waals surface area contributed by atoms with Gasteiger partial charge in [-0.25, -0.2) is 0 Å². The molecule has 0 radical (unpaired) electrons. The molecule has 9 heteroatoms. The van der Waals surface area contributed by atoms with Crippen molar-refractivity contribution in [1.82, 2.24) is 0 Å². The first-order valence-corrected chi connectivity index (χ1v) is 15.8. The first-order valence-electron chi connectivity index (χ1n) is 14.3. The molecule has 0 bridgehead atoms. The summed E-state index contributed by atoms with van der Waals surface area (Å²) in [4.78, 5) is 39.1. The van der Waals surface area contributed by atoms with E-state index in [0.29, 0.717) is 25.7 Å². The van der Waals surface area contributed by atoms with E-state index >= 15 is 0 Å². The molecule has 4 aliphatic rings. The van der Waals surface area contributed by atoms with Gasteiger partial charge in [-0.2, -0.15) is 8.42 Å². The Bertz CT molecular complexity index is 1480. The lowest BCUT2D eigenvalue weighted by Crippen LogP contribution is -2.59. The van der Waals surface area contributed by atoms with Crippen LogP contribution < -0.4 is 0 Å². The fraction of sp³-hybridized carbons (Fsp3) is 0.531. The second kappa shape index (κ2) is 10.4. The number of allylic oxidation sites excluding steroid dienone is 5. The van der Waals surface area contributed by atoms with Gasteiger partial charge in [0.15, 0.2) is 11.4 Å². The van der Waals surface area contributed by atoms with Gasteiger partial charge in [-0.05, 0) is 88.1 Å². The third-order valence-corrected chi connectivity index (χ3v) is 11.1. The number of hydrogen-bond acceptors (Lipinski definition) is 8. The number of ketones is 2. The summed E-state index contributed by atoms with van der Waals surface area (Å²) >= 11 is 0. The highest BCUT2D eigenvalue weighted by Gasteiger charge is 2.67. The quantitative estimate of drug-likeness (QED) is 0.266. The number of Topliss-reactive ketones (excluding diaryl/α,β-unsaturated/α-hetero) is 1. The van der Waals surface area contributed by atoms with E-state index in [4.69, 9.17) is 8.92 Å². The number of aliphatic hydroxyl groups excluding tert-OH is 1. The van der Waals surface area contributed by atoms with E-state index in [9.17, 15) is 27.9 Å². The van der Waals surface area contributed by atoms with Gasteiger partial charge in [0.2, 0.25) is 5.78 Å². The molecule has 0 amide bonds. The number of benzene rings is 1. The molecule has 220 valence electrons. The maximum absolute atomic E-state index is 14.1. The normalized spacial score (nSPS) is 32.6. The zero-order chi connectivity index (χ0) is 29.8. The van der Waals surface area contributed by atoms with Crippen LogP contribution in [0.2, 0.25) is 0 Å². The molecule has 1 fully saturated rings. The van der Waals surface area contributed by atoms with Crippen LogP contribution in [-0.2, 0) is 33.4 Å². The predicted molar refractivity (Wildman–Crippen MR) is 151 cm³/mol. The number of aryl methyl sites for hydroxylation is 1. The maximum Gasteiger partial charge on any atom is 0.306 e. The number of carbonyl (C=O) groups excluding carboxylic acids is 3. The minimum atomic E-state index is -4.23. The van der Waals surface area contributed by atoms with Crippen LogP contribution in [0.5, 0.6) is 0 Å². The summed E-state index contributed by atoms with van der Waals surface area (Å²) in [7, 11) is -4.23. The van der Waals surface area contributed by atoms with Gasteiger partial charge in [0.25, 0.3) is 10.1 Å². The smallest absolute Gasteiger partial charge is 0.306 e. The third-order valence-electron chi connectivity index (χ3n) is 9.83. The Hall–Kier alpha value is -2.88. The number of rotatable bonds is 8. The molecule has 0 heterocycles. The fourth-order valence-electron chi connectivity index (χ4n) is 7.74. The van der Waals surface area contributed by atoms with Crippen molar-refractivity contribution in [2.24, 2.45) is 16.7 Å². The summed E-state index contributed by atoms with van der Waals surface area (Å²) in [5, 5.41) is 11.7. The zero-order valence-corrected chi connectivity index (χ0v) is 24.9. The highest BCUT2D eigenvalue weighted by molar-refractivity contribution is 7.86. The summed E-state index contributed by atoms with van der Waals surface area (Å²) in [6.07, 6.45) is 6.93. The molecule has 1 aromatic rings. The van der Waals surface area contributed by atoms with Gasteiger partial charge in [-0.1, -0.05) is 48.8 Å². The van der Waals surface area contributed by atoms with Gasteiger partial charge in [0.05, 0.1) is 11.0 Å². The van der Waals surface area contributed by atoms with Crippen LogP contribution in [0.1, 0.15) is 71.3 Å². The van der Waals surface area contributed by atoms with E-state index in [1.165, 1.54) is 12.1 Å². The first kappa shape index (κ1) is 29.6. The molecule has 1 saturated carbocycles. The average Bonchev–Trinajstić information content (AvgIpc) is 3.20. The number of hydrogen-bond donors (Lipinski definition) is 1. The van der Waals surface area contributed by atoms with Gasteiger partial charge in [-0.15, -0.1) is 0 Å². The molecular weight excluding hydrogens is 544 g/mol. The van der Waals surface area contributed by atoms with E-state index < -0.39 is 51.0 Å². The standard InChI is InChI=1S/C32H38O8S/c1-5-6-28(36)40-32(27(35)19-39-41(37,38)23-10-7-20(2)8-11-23)16-14-25-24-12-9-21-17-22(33)13-15-30(21,3)29(24)26(34)18-31(25,32)4/h7-8,10-11,13,15,17,25-26,34H,5-6,9,12,14,16,18-19H2,1-4H3/t25-,26+,30-,31-,32-/m0/s1. The Morgan fingerprint density at radius 1 is 1.12 bits per heavy atom. The number of aliphatic hydroxyl groups is 1. The van der Waals surface area contributed by atoms with Crippen molar-refractivity contribution in [2.75, 3.05) is 6.61 Å². The Morgan fingerprint density at radius 2 is 1.83 bits per heavy atom. The molecule has 4 aliphatic carbocycles. The SMILES string of the molecule is CCCC(=O)O[C@]1(C(=O)COS(=O)(=O)c2ccc(C)cc2)CC[C@H]2C3=C([C@H](O)C[C@@]21C)[C@@]1(C)C=CC(=O)C=C1CC3. The zero-order valence-electron chi connectivity index (χ0n) is 24.1. The van der Waals surface area contributed by atoms with Crippen molar-refractivity contribution < 1.29 is 36.8 Å². The summed E-state index contributed by atoms with van der Waals surface area (Å²) in [6.45, 7) is 6.77. The maximum atomic E-state index is 14.1. The number of carbonyl (C=O) groups is 3. The van der Waals surface area contributed by atoms with Crippen molar-refractivity contribution >= 4 is 27.7 Å². The Balaban J connectivity index is 1.51. The topological polar surface area (TPSA) is 124 Å². The van der Waals surface area contributed by atoms with E-state index in [0.717, 1.165) is 22.3 Å². The molecule has 5 atom stereocenters. The van der Waals surface area contributed by atoms with Crippen LogP contribution in [0, 0.1) is 23.7 Å². The van der Waals surface area contributed by atoms with E-state index in [1.807, 2.05) is 33.8 Å². The number of fused-ring (bicyclic) bond motifs is 4. The fourth-order valence-corrected chi connectivity index (χ4v) is 8.60. The molecule has 41 heavy (non-hydrogen) atoms. The van der Waals surface area contributed by atoms with E-state index in [2.05, 4.69) is 0 Å². The Morgan fingerprint density at radius 3 is 2.51 bits per heavy atom. The minimum absolute atomic E-state index is 0.0643. The van der Waals surface area contributed by atoms with Crippen molar-refractivity contribution in [3.8, 4) is 0 Å². The third kappa shape index (κ3) is 4.76. The predicted octanol–water partition coefficient (Wildman–Crippen LogP) is 4.69. The molecule has 0 aliphatic heterocycles. The monoisotopic (exact) mass is 582 g/mol. The molecule has 1 aromatic carbocycles. The van der Waals surface area contributed by atoms with E-state index in [-0.39, 0.29) is 35.9 Å². The van der Waals surface area contributed by atoms with Crippen LogP contribution >= 0.6 is 0 Å². The molecule has 0 spiro atoms. The average molecular weight is 583 g/mol. The highest BCUT2D eigenvalue weighted by atomic mass is 32.2. The van der Waals surface area contributed by atoms with Crippen molar-refractivity contribution in [2.45, 2.75) is 89.2 Å². The van der Waals surface area contributed by atoms with Crippen LogP contribution in [0.25, 0.3) is 0 Å². The van der Waals surface area contributed by atoms with Gasteiger partial charge in [0, 0.05) is 17.3 Å². The van der Waals surface area contributed by atoms with Gasteiger partial charge in [-0.3, -0.25) is 18.6 Å². The van der Waals surface area contributed by atoms with Crippen LogP contribution in [0.3, 0.4) is 0 Å². The van der Waals surface area contributed by atoms with Crippen molar-refractivity contribution in [3.05, 3.63) is 64.8 Å². The molecular formula is C32H38O8S. The lowest BCUT2D eigenvalue weighted by Gasteiger charge is -2.54. The van der Waals surface area contributed by atoms with Gasteiger partial charge < -0.3 is 9.84 Å². The van der Waals surface area contributed by atoms with Crippen LogP contribution in [-0.4, -0.2) is 49.4 Å². The number of ether oxygens (including phenoxy) is 1. The lowest BCUT2D eigenvalue weighted by atomic mass is 9.52. The second-order valence-electron chi connectivity index (χ2n) is 12.3.